The van der Waals surface area contributed by atoms with Crippen LogP contribution in [0.5, 0.6) is 0 Å². The fourth-order valence-electron chi connectivity index (χ4n) is 0.371. The van der Waals surface area contributed by atoms with E-state index in [4.69, 9.17) is 0 Å². The molecule has 10 heavy (non-hydrogen) atoms. The molecule has 0 spiro atoms. The van der Waals surface area contributed by atoms with E-state index >= 15 is 0 Å². The van der Waals surface area contributed by atoms with Crippen molar-refractivity contribution in [2.24, 2.45) is 0 Å². The standard InChI is InChI=1S/C6H4F.2HI.Mg/c7-6-4-2-1-3-5-6;;;/h1-2,4-5H;2*1H;/q;;;+2/p-2. The molecule has 0 nitrogen and oxygen atoms in total. The Morgan fingerprint density at radius 2 is 2.10 bits per heavy atom. The summed E-state index contributed by atoms with van der Waals surface area (Å²) in [4.78, 5) is 0. The molecule has 1 radical (unpaired) electrons. The Morgan fingerprint density at radius 3 is 2.30 bits per heavy atom. The lowest BCUT2D eigenvalue weighted by molar-refractivity contribution is 0.627. The van der Waals surface area contributed by atoms with Gasteiger partial charge in [0, 0.05) is 0 Å². The van der Waals surface area contributed by atoms with Gasteiger partial charge in [0.2, 0.25) is 0 Å². The van der Waals surface area contributed by atoms with E-state index in [2.05, 4.69) is 43.8 Å². The van der Waals surface area contributed by atoms with E-state index in [-0.39, 0.29) is 5.82 Å². The summed E-state index contributed by atoms with van der Waals surface area (Å²) in [7, 11) is 0. The van der Waals surface area contributed by atoms with E-state index in [1.54, 1.807) is 12.1 Å². The first-order valence-electron chi connectivity index (χ1n) is 2.54. The molecule has 0 N–H and O–H groups in total. The summed E-state index contributed by atoms with van der Waals surface area (Å²) in [5.41, 5.74) is 0. The zero-order valence-corrected chi connectivity index (χ0v) is 10.9. The van der Waals surface area contributed by atoms with Gasteiger partial charge < -0.3 is 0 Å². The first-order chi connectivity index (χ1) is 4.81. The Bertz CT molecular complexity index is 157. The van der Waals surface area contributed by atoms with E-state index in [0.717, 1.165) is 0 Å². The zero-order valence-electron chi connectivity index (χ0n) is 5.15. The highest BCUT2D eigenvalue weighted by molar-refractivity contribution is 14.3. The van der Waals surface area contributed by atoms with E-state index in [1.165, 1.54) is 12.1 Å². The van der Waals surface area contributed by atoms with Crippen LogP contribution >= 0.6 is 37.7 Å². The predicted octanol–water partition coefficient (Wildman–Crippen LogP) is 3.02. The normalized spacial score (nSPS) is 7.10. The second-order valence-corrected chi connectivity index (χ2v) is 14.9. The minimum Gasteiger partial charge on any atom is -0.276 e. The van der Waals surface area contributed by atoms with Crippen LogP contribution in [0.15, 0.2) is 24.3 Å². The molecule has 0 aromatic heterocycles. The summed E-state index contributed by atoms with van der Waals surface area (Å²) in [6, 6.07) is 8.53. The number of hydrogen-bond acceptors (Lipinski definition) is 0. The fraction of sp³-hybridized carbons (Fsp3) is 0. The van der Waals surface area contributed by atoms with Crippen LogP contribution in [0, 0.1) is 11.9 Å². The van der Waals surface area contributed by atoms with Gasteiger partial charge in [-0.05, 0) is 18.2 Å². The number of hydrogen-bond donors (Lipinski definition) is 0. The van der Waals surface area contributed by atoms with Crippen molar-refractivity contribution in [3.8, 4) is 0 Å². The molecule has 0 bridgehead atoms. The molecule has 0 saturated heterocycles. The van der Waals surface area contributed by atoms with Crippen LogP contribution in [0.4, 0.5) is 4.39 Å². The second kappa shape index (κ2) is 8.47. The van der Waals surface area contributed by atoms with Crippen LogP contribution < -0.4 is 0 Å². The van der Waals surface area contributed by atoms with Gasteiger partial charge in [0.25, 0.3) is 0 Å². The smallest absolute Gasteiger partial charge is 0.276 e. The SMILES string of the molecule is Fc1c[c]ccc1.[I][Mg][I]. The second-order valence-electron chi connectivity index (χ2n) is 1.32. The molecular formula is C6H4FI2Mg. The molecule has 1 aromatic rings. The van der Waals surface area contributed by atoms with Crippen LogP contribution in [-0.4, -0.2) is 12.6 Å². The number of rotatable bonds is 0. The van der Waals surface area contributed by atoms with Crippen molar-refractivity contribution in [1.29, 1.82) is 0 Å². The molecule has 0 unspecified atom stereocenters. The monoisotopic (exact) mass is 373 g/mol. The summed E-state index contributed by atoms with van der Waals surface area (Å²) in [6.45, 7) is 0. The highest BCUT2D eigenvalue weighted by atomic mass is 127. The van der Waals surface area contributed by atoms with Gasteiger partial charge in [-0.2, -0.15) is 0 Å². The molecule has 0 aliphatic carbocycles. The van der Waals surface area contributed by atoms with Gasteiger partial charge in [-0.3, -0.25) is 37.7 Å². The minimum absolute atomic E-state index is 0.234. The molecular weight excluding hydrogens is 369 g/mol. The molecule has 0 amide bonds. The minimum atomic E-state index is -0.234. The summed E-state index contributed by atoms with van der Waals surface area (Å²) >= 11 is 5.18. The van der Waals surface area contributed by atoms with E-state index in [0.29, 0.717) is 12.6 Å². The third-order valence-corrected chi connectivity index (χ3v) is 0.669. The average molecular weight is 373 g/mol. The Balaban J connectivity index is 0.000000236. The van der Waals surface area contributed by atoms with E-state index < -0.39 is 0 Å². The van der Waals surface area contributed by atoms with Gasteiger partial charge in [0.15, 0.2) is 0 Å². The Labute approximate surface area is 89.4 Å². The summed E-state index contributed by atoms with van der Waals surface area (Å²) in [5, 5.41) is 0. The van der Waals surface area contributed by atoms with E-state index in [1.807, 2.05) is 0 Å². The van der Waals surface area contributed by atoms with Crippen LogP contribution in [0.1, 0.15) is 0 Å². The molecule has 0 heterocycles. The van der Waals surface area contributed by atoms with Crippen LogP contribution in [0.25, 0.3) is 0 Å². The van der Waals surface area contributed by atoms with Crippen molar-refractivity contribution in [3.63, 3.8) is 0 Å². The van der Waals surface area contributed by atoms with E-state index in [9.17, 15) is 4.39 Å². The van der Waals surface area contributed by atoms with Gasteiger partial charge >= 0.3 is 12.6 Å². The molecule has 0 atom stereocenters. The van der Waals surface area contributed by atoms with Gasteiger partial charge in [-0.15, -0.1) is 0 Å². The van der Waals surface area contributed by atoms with Crippen molar-refractivity contribution in [1.82, 2.24) is 0 Å². The molecule has 51 valence electrons. The molecule has 0 saturated carbocycles. The highest BCUT2D eigenvalue weighted by Crippen LogP contribution is 1.91. The first-order valence-corrected chi connectivity index (χ1v) is 12.8. The zero-order chi connectivity index (χ0) is 7.82. The largest absolute Gasteiger partial charge is 0.552 e. The summed E-state index contributed by atoms with van der Waals surface area (Å²) in [5.74, 6) is -0.234. The van der Waals surface area contributed by atoms with Crippen LogP contribution in [-0.2, 0) is 0 Å². The van der Waals surface area contributed by atoms with Crippen LogP contribution in [0.2, 0.25) is 0 Å². The lowest BCUT2D eigenvalue weighted by Crippen LogP contribution is -1.64. The lowest BCUT2D eigenvalue weighted by atomic mass is 10.4. The molecule has 1 rings (SSSR count). The summed E-state index contributed by atoms with van der Waals surface area (Å²) in [6.07, 6.45) is 0. The van der Waals surface area contributed by atoms with Crippen molar-refractivity contribution in [2.45, 2.75) is 0 Å². The van der Waals surface area contributed by atoms with Crippen molar-refractivity contribution in [2.75, 3.05) is 0 Å². The Morgan fingerprint density at radius 1 is 1.50 bits per heavy atom. The molecule has 0 fully saturated rings. The third kappa shape index (κ3) is 7.48. The van der Waals surface area contributed by atoms with Crippen molar-refractivity contribution in [3.05, 3.63) is 36.1 Å². The first kappa shape index (κ1) is 11.4. The quantitative estimate of drug-likeness (QED) is 0.485. The maximum absolute atomic E-state index is 11.9. The molecule has 4 heteroatoms. The third-order valence-electron chi connectivity index (χ3n) is 0.669. The van der Waals surface area contributed by atoms with Crippen molar-refractivity contribution >= 4 is 50.3 Å². The fourth-order valence-corrected chi connectivity index (χ4v) is 0.371. The topological polar surface area (TPSA) is 0 Å². The molecule has 0 aliphatic rings. The number of benzene rings is 1. The Hall–Kier alpha value is 1.38. The van der Waals surface area contributed by atoms with Gasteiger partial charge in [0.1, 0.15) is 5.82 Å². The van der Waals surface area contributed by atoms with Crippen LogP contribution in [0.3, 0.4) is 0 Å². The van der Waals surface area contributed by atoms with Gasteiger partial charge in [-0.1, -0.05) is 12.1 Å². The molecule has 1 aromatic carbocycles. The maximum atomic E-state index is 11.9. The maximum Gasteiger partial charge on any atom is 0.552 e. The van der Waals surface area contributed by atoms with Gasteiger partial charge in [0.05, 0.1) is 0 Å². The Kier molecular flexibility index (Phi) is 9.64. The highest BCUT2D eigenvalue weighted by Gasteiger charge is 1.77. The lowest BCUT2D eigenvalue weighted by Gasteiger charge is -1.77. The average Bonchev–Trinajstić information content (AvgIpc) is 1.91. The van der Waals surface area contributed by atoms with Crippen molar-refractivity contribution < 1.29 is 4.39 Å². The predicted molar refractivity (Wildman–Crippen MR) is 59.0 cm³/mol. The summed E-state index contributed by atoms with van der Waals surface area (Å²) < 4.78 is 11.9. The van der Waals surface area contributed by atoms with Gasteiger partial charge in [-0.25, -0.2) is 4.39 Å². The number of halogens is 3. The molecule has 0 aliphatic heterocycles.